The lowest BCUT2D eigenvalue weighted by Gasteiger charge is -2.31. The van der Waals surface area contributed by atoms with Gasteiger partial charge in [0.05, 0.1) is 24.5 Å². The smallest absolute Gasteiger partial charge is 0.251 e. The quantitative estimate of drug-likeness (QED) is 0.823. The van der Waals surface area contributed by atoms with Gasteiger partial charge < -0.3 is 20.5 Å². The highest BCUT2D eigenvalue weighted by Crippen LogP contribution is 2.28. The summed E-state index contributed by atoms with van der Waals surface area (Å²) >= 11 is 0. The molecule has 6 heteroatoms. The molecule has 1 saturated heterocycles. The first-order chi connectivity index (χ1) is 9.15. The fourth-order valence-electron chi connectivity index (χ4n) is 2.31. The number of rotatable bonds is 4. The molecule has 5 nitrogen and oxygen atoms in total. The lowest BCUT2D eigenvalue weighted by Crippen LogP contribution is -2.38. The second-order valence-corrected chi connectivity index (χ2v) is 4.37. The lowest BCUT2D eigenvalue weighted by molar-refractivity contribution is 0.0996. The molecule has 3 N–H and O–H groups in total. The Morgan fingerprint density at radius 2 is 2.11 bits per heavy atom. The summed E-state index contributed by atoms with van der Waals surface area (Å²) in [5, 5.41) is 9.02. The molecular formula is C13H17FN2O3. The largest absolute Gasteiger partial charge is 0.396 e. The van der Waals surface area contributed by atoms with Crippen molar-refractivity contribution in [2.24, 2.45) is 5.73 Å². The number of benzene rings is 1. The van der Waals surface area contributed by atoms with Crippen molar-refractivity contribution in [2.45, 2.75) is 6.42 Å². The van der Waals surface area contributed by atoms with E-state index >= 15 is 0 Å². The summed E-state index contributed by atoms with van der Waals surface area (Å²) < 4.78 is 19.3. The Morgan fingerprint density at radius 1 is 1.42 bits per heavy atom. The van der Waals surface area contributed by atoms with Gasteiger partial charge in [-0.25, -0.2) is 4.39 Å². The molecule has 0 aliphatic carbocycles. The van der Waals surface area contributed by atoms with Crippen LogP contribution >= 0.6 is 0 Å². The summed E-state index contributed by atoms with van der Waals surface area (Å²) in [6.45, 7) is 1.89. The number of halogens is 1. The van der Waals surface area contributed by atoms with E-state index < -0.39 is 11.7 Å². The number of nitrogens with two attached hydrogens (primary N) is 1. The first-order valence-electron chi connectivity index (χ1n) is 6.20. The minimum atomic E-state index is -0.676. The molecule has 0 radical (unpaired) electrons. The Hall–Kier alpha value is -1.66. The molecular weight excluding hydrogens is 251 g/mol. The predicted molar refractivity (Wildman–Crippen MR) is 68.7 cm³/mol. The Kier molecular flexibility index (Phi) is 4.34. The van der Waals surface area contributed by atoms with E-state index in [1.165, 1.54) is 12.1 Å². The molecule has 1 heterocycles. The van der Waals surface area contributed by atoms with Gasteiger partial charge in [-0.3, -0.25) is 4.79 Å². The van der Waals surface area contributed by atoms with Crippen molar-refractivity contribution in [3.8, 4) is 0 Å². The third-order valence-corrected chi connectivity index (χ3v) is 3.17. The van der Waals surface area contributed by atoms with E-state index in [1.807, 2.05) is 0 Å². The number of ether oxygens (including phenoxy) is 1. The number of nitrogens with zero attached hydrogens (tertiary/aromatic N) is 1. The van der Waals surface area contributed by atoms with Crippen LogP contribution in [0.5, 0.6) is 0 Å². The van der Waals surface area contributed by atoms with Crippen LogP contribution in [0.4, 0.5) is 10.1 Å². The van der Waals surface area contributed by atoms with E-state index in [0.29, 0.717) is 31.9 Å². The van der Waals surface area contributed by atoms with Crippen molar-refractivity contribution in [3.63, 3.8) is 0 Å². The number of aliphatic hydroxyl groups excluding tert-OH is 1. The zero-order valence-electron chi connectivity index (χ0n) is 10.6. The van der Waals surface area contributed by atoms with Gasteiger partial charge in [-0.1, -0.05) is 6.07 Å². The summed E-state index contributed by atoms with van der Waals surface area (Å²) in [5.74, 6) is -1.15. The van der Waals surface area contributed by atoms with Gasteiger partial charge in [-0.15, -0.1) is 0 Å². The molecule has 1 aromatic rings. The maximum absolute atomic E-state index is 14.1. The Labute approximate surface area is 110 Å². The molecule has 1 aliphatic heterocycles. The second-order valence-electron chi connectivity index (χ2n) is 4.37. The number of hydrogen-bond donors (Lipinski definition) is 2. The third kappa shape index (κ3) is 2.85. The normalized spacial score (nSPS) is 15.6. The average molecular weight is 268 g/mol. The molecule has 19 heavy (non-hydrogen) atoms. The molecule has 0 saturated carbocycles. The van der Waals surface area contributed by atoms with E-state index in [4.69, 9.17) is 15.6 Å². The van der Waals surface area contributed by atoms with Gasteiger partial charge in [0.25, 0.3) is 5.91 Å². The number of carbonyl (C=O) groups excluding carboxylic acids is 1. The van der Waals surface area contributed by atoms with Crippen molar-refractivity contribution < 1.29 is 19.0 Å². The van der Waals surface area contributed by atoms with Crippen LogP contribution in [0.3, 0.4) is 0 Å². The maximum atomic E-state index is 14.1. The number of anilines is 1. The van der Waals surface area contributed by atoms with Crippen LogP contribution in [0.2, 0.25) is 0 Å². The van der Waals surface area contributed by atoms with Gasteiger partial charge in [0.1, 0.15) is 5.82 Å². The molecule has 0 spiro atoms. The van der Waals surface area contributed by atoms with Gasteiger partial charge in [0.15, 0.2) is 0 Å². The van der Waals surface area contributed by atoms with Crippen LogP contribution in [0.1, 0.15) is 15.9 Å². The predicted octanol–water partition coefficient (Wildman–Crippen LogP) is 0.296. The van der Waals surface area contributed by atoms with E-state index in [0.717, 1.165) is 0 Å². The van der Waals surface area contributed by atoms with Crippen molar-refractivity contribution >= 4 is 11.6 Å². The van der Waals surface area contributed by atoms with E-state index in [-0.39, 0.29) is 24.3 Å². The van der Waals surface area contributed by atoms with Gasteiger partial charge >= 0.3 is 0 Å². The lowest BCUT2D eigenvalue weighted by atomic mass is 10.0. The van der Waals surface area contributed by atoms with Crippen LogP contribution in [-0.2, 0) is 11.2 Å². The molecule has 2 rings (SSSR count). The van der Waals surface area contributed by atoms with E-state index in [1.54, 1.807) is 4.90 Å². The molecule has 0 bridgehead atoms. The third-order valence-electron chi connectivity index (χ3n) is 3.17. The zero-order valence-corrected chi connectivity index (χ0v) is 10.6. The van der Waals surface area contributed by atoms with Gasteiger partial charge in [-0.2, -0.15) is 0 Å². The Bertz CT molecular complexity index is 473. The number of morpholine rings is 1. The first kappa shape index (κ1) is 13.8. The van der Waals surface area contributed by atoms with Crippen molar-refractivity contribution in [2.75, 3.05) is 37.8 Å². The van der Waals surface area contributed by atoms with Gasteiger partial charge in [0.2, 0.25) is 0 Å². The standard InChI is InChI=1S/C13H17FN2O3/c14-10-2-1-9(3-6-17)11(13(15)18)12(10)16-4-7-19-8-5-16/h1-2,17H,3-8H2,(H2,15,18). The second kappa shape index (κ2) is 5.99. The van der Waals surface area contributed by atoms with Gasteiger partial charge in [-0.05, 0) is 18.1 Å². The molecule has 0 aromatic heterocycles. The SMILES string of the molecule is NC(=O)c1c(CCO)ccc(F)c1N1CCOCC1. The molecule has 1 amide bonds. The summed E-state index contributed by atoms with van der Waals surface area (Å²) in [6, 6.07) is 2.80. The van der Waals surface area contributed by atoms with E-state index in [9.17, 15) is 9.18 Å². The summed E-state index contributed by atoms with van der Waals surface area (Å²) in [5.41, 5.74) is 6.33. The number of carbonyl (C=O) groups is 1. The minimum absolute atomic E-state index is 0.117. The van der Waals surface area contributed by atoms with Crippen molar-refractivity contribution in [1.29, 1.82) is 0 Å². The monoisotopic (exact) mass is 268 g/mol. The Morgan fingerprint density at radius 3 is 2.68 bits per heavy atom. The number of aliphatic hydroxyl groups is 1. The molecule has 1 fully saturated rings. The van der Waals surface area contributed by atoms with Crippen LogP contribution in [0.25, 0.3) is 0 Å². The molecule has 0 atom stereocenters. The maximum Gasteiger partial charge on any atom is 0.251 e. The van der Waals surface area contributed by atoms with Crippen LogP contribution < -0.4 is 10.6 Å². The van der Waals surface area contributed by atoms with Crippen LogP contribution in [0.15, 0.2) is 12.1 Å². The highest BCUT2D eigenvalue weighted by molar-refractivity contribution is 6.00. The zero-order chi connectivity index (χ0) is 13.8. The fourth-order valence-corrected chi connectivity index (χ4v) is 2.31. The molecule has 104 valence electrons. The summed E-state index contributed by atoms with van der Waals surface area (Å²) in [7, 11) is 0. The summed E-state index contributed by atoms with van der Waals surface area (Å²) in [4.78, 5) is 13.4. The van der Waals surface area contributed by atoms with Crippen molar-refractivity contribution in [3.05, 3.63) is 29.1 Å². The fraction of sp³-hybridized carbons (Fsp3) is 0.462. The topological polar surface area (TPSA) is 75.8 Å². The summed E-state index contributed by atoms with van der Waals surface area (Å²) in [6.07, 6.45) is 0.274. The van der Waals surface area contributed by atoms with Gasteiger partial charge in [0, 0.05) is 19.7 Å². The van der Waals surface area contributed by atoms with Crippen molar-refractivity contribution in [1.82, 2.24) is 0 Å². The molecule has 1 aliphatic rings. The molecule has 1 aromatic carbocycles. The minimum Gasteiger partial charge on any atom is -0.396 e. The van der Waals surface area contributed by atoms with Crippen LogP contribution in [-0.4, -0.2) is 43.9 Å². The van der Waals surface area contributed by atoms with Crippen LogP contribution in [0, 0.1) is 5.82 Å². The Balaban J connectivity index is 2.49. The highest BCUT2D eigenvalue weighted by atomic mass is 19.1. The highest BCUT2D eigenvalue weighted by Gasteiger charge is 2.23. The van der Waals surface area contributed by atoms with E-state index in [2.05, 4.69) is 0 Å². The number of primary amides is 1. The number of hydrogen-bond acceptors (Lipinski definition) is 4. The average Bonchev–Trinajstić information content (AvgIpc) is 2.41. The number of amides is 1. The first-order valence-corrected chi connectivity index (χ1v) is 6.20. The molecule has 0 unspecified atom stereocenters.